The zero-order chi connectivity index (χ0) is 17.8. The maximum Gasteiger partial charge on any atom is 0.150 e. The van der Waals surface area contributed by atoms with Crippen LogP contribution in [0.5, 0.6) is 5.75 Å². The van der Waals surface area contributed by atoms with Crippen molar-refractivity contribution in [3.8, 4) is 5.75 Å². The third-order valence-corrected chi connectivity index (χ3v) is 4.80. The Morgan fingerprint density at radius 1 is 1.24 bits per heavy atom. The second-order valence-corrected chi connectivity index (χ2v) is 7.33. The molecule has 25 heavy (non-hydrogen) atoms. The highest BCUT2D eigenvalue weighted by atomic mass is 16.5. The molecule has 0 spiro atoms. The minimum atomic E-state index is 0.465. The van der Waals surface area contributed by atoms with Crippen molar-refractivity contribution < 1.29 is 9.53 Å². The van der Waals surface area contributed by atoms with Gasteiger partial charge in [-0.15, -0.1) is 0 Å². The van der Waals surface area contributed by atoms with Crippen LogP contribution in [0.15, 0.2) is 42.5 Å². The molecule has 0 radical (unpaired) electrons. The Kier molecular flexibility index (Phi) is 5.42. The van der Waals surface area contributed by atoms with Gasteiger partial charge in [0.2, 0.25) is 0 Å². The lowest BCUT2D eigenvalue weighted by Gasteiger charge is -2.37. The van der Waals surface area contributed by atoms with Crippen molar-refractivity contribution in [3.05, 3.63) is 59.2 Å². The van der Waals surface area contributed by atoms with E-state index in [1.54, 1.807) is 0 Å². The number of hydrogen-bond acceptors (Lipinski definition) is 3. The minimum absolute atomic E-state index is 0.465. The summed E-state index contributed by atoms with van der Waals surface area (Å²) in [5, 5.41) is 0. The van der Waals surface area contributed by atoms with Gasteiger partial charge in [-0.25, -0.2) is 0 Å². The number of aryl methyl sites for hydroxylation is 1. The van der Waals surface area contributed by atoms with Gasteiger partial charge in [0, 0.05) is 29.4 Å². The van der Waals surface area contributed by atoms with E-state index in [0.717, 1.165) is 37.0 Å². The van der Waals surface area contributed by atoms with Gasteiger partial charge in [0.05, 0.1) is 6.61 Å². The first-order chi connectivity index (χ1) is 12.1. The topological polar surface area (TPSA) is 29.5 Å². The quantitative estimate of drug-likeness (QED) is 0.704. The summed E-state index contributed by atoms with van der Waals surface area (Å²) in [4.78, 5) is 13.7. The van der Waals surface area contributed by atoms with Gasteiger partial charge in [-0.3, -0.25) is 4.79 Å². The number of nitrogens with zero attached hydrogens (tertiary/aromatic N) is 1. The molecule has 0 saturated carbocycles. The summed E-state index contributed by atoms with van der Waals surface area (Å²) in [5.41, 5.74) is 4.48. The standard InChI is InChI=1S/C22H27NO2/c1-16(2)15-25-22-11-9-18(14-24)12-20(22)13-23-17(3)8-10-19-6-4-5-7-21(19)23/h4-7,9,11-12,14,16-17H,8,10,13,15H2,1-3H3. The van der Waals surface area contributed by atoms with Crippen LogP contribution in [0.2, 0.25) is 0 Å². The molecule has 0 bridgehead atoms. The van der Waals surface area contributed by atoms with Crippen molar-refractivity contribution in [2.45, 2.75) is 46.2 Å². The number of fused-ring (bicyclic) bond motifs is 1. The summed E-state index contributed by atoms with van der Waals surface area (Å²) in [6.45, 7) is 7.99. The molecule has 1 aliphatic rings. The van der Waals surface area contributed by atoms with E-state index in [9.17, 15) is 4.79 Å². The first-order valence-corrected chi connectivity index (χ1v) is 9.14. The normalized spacial score (nSPS) is 16.6. The van der Waals surface area contributed by atoms with Gasteiger partial charge in [0.15, 0.2) is 0 Å². The smallest absolute Gasteiger partial charge is 0.150 e. The molecular formula is C22H27NO2. The molecule has 2 aromatic carbocycles. The van der Waals surface area contributed by atoms with Gasteiger partial charge in [-0.05, 0) is 55.5 Å². The average Bonchev–Trinajstić information content (AvgIpc) is 2.62. The first kappa shape index (κ1) is 17.5. The van der Waals surface area contributed by atoms with E-state index in [0.29, 0.717) is 24.1 Å². The number of anilines is 1. The van der Waals surface area contributed by atoms with Crippen LogP contribution in [0.1, 0.15) is 48.7 Å². The monoisotopic (exact) mass is 337 g/mol. The number of rotatable bonds is 6. The van der Waals surface area contributed by atoms with Gasteiger partial charge in [-0.2, -0.15) is 0 Å². The predicted octanol–water partition coefficient (Wildman–Crippen LogP) is 4.88. The zero-order valence-electron chi connectivity index (χ0n) is 15.4. The lowest BCUT2D eigenvalue weighted by atomic mass is 9.95. The molecule has 1 atom stereocenters. The number of ether oxygens (including phenoxy) is 1. The van der Waals surface area contributed by atoms with Gasteiger partial charge in [0.1, 0.15) is 12.0 Å². The van der Waals surface area contributed by atoms with E-state index >= 15 is 0 Å². The van der Waals surface area contributed by atoms with Crippen molar-refractivity contribution in [2.75, 3.05) is 11.5 Å². The molecule has 3 rings (SSSR count). The fraction of sp³-hybridized carbons (Fsp3) is 0.409. The van der Waals surface area contributed by atoms with Crippen molar-refractivity contribution in [2.24, 2.45) is 5.92 Å². The molecule has 132 valence electrons. The summed E-state index contributed by atoms with van der Waals surface area (Å²) < 4.78 is 6.02. The molecule has 1 aliphatic heterocycles. The third kappa shape index (κ3) is 4.04. The van der Waals surface area contributed by atoms with Gasteiger partial charge in [-0.1, -0.05) is 32.0 Å². The number of carbonyl (C=O) groups excluding carboxylic acids is 1. The lowest BCUT2D eigenvalue weighted by Crippen LogP contribution is -2.36. The molecule has 0 N–H and O–H groups in total. The van der Waals surface area contributed by atoms with Crippen LogP contribution in [-0.4, -0.2) is 18.9 Å². The maximum atomic E-state index is 11.2. The first-order valence-electron chi connectivity index (χ1n) is 9.14. The van der Waals surface area contributed by atoms with Crippen molar-refractivity contribution in [1.82, 2.24) is 0 Å². The summed E-state index contributed by atoms with van der Waals surface area (Å²) in [6.07, 6.45) is 3.18. The summed E-state index contributed by atoms with van der Waals surface area (Å²) in [7, 11) is 0. The van der Waals surface area contributed by atoms with Gasteiger partial charge >= 0.3 is 0 Å². The van der Waals surface area contributed by atoms with Crippen LogP contribution in [-0.2, 0) is 13.0 Å². The molecule has 0 amide bonds. The molecule has 2 aromatic rings. The average molecular weight is 337 g/mol. The Morgan fingerprint density at radius 2 is 2.04 bits per heavy atom. The fourth-order valence-corrected chi connectivity index (χ4v) is 3.38. The van der Waals surface area contributed by atoms with Crippen molar-refractivity contribution in [1.29, 1.82) is 0 Å². The van der Waals surface area contributed by atoms with E-state index in [2.05, 4.69) is 49.9 Å². The third-order valence-electron chi connectivity index (χ3n) is 4.80. The second-order valence-electron chi connectivity index (χ2n) is 7.33. The largest absolute Gasteiger partial charge is 0.493 e. The molecular weight excluding hydrogens is 310 g/mol. The maximum absolute atomic E-state index is 11.2. The number of aldehydes is 1. The molecule has 0 fully saturated rings. The Bertz CT molecular complexity index is 739. The highest BCUT2D eigenvalue weighted by Crippen LogP contribution is 2.33. The summed E-state index contributed by atoms with van der Waals surface area (Å²) in [6, 6.07) is 14.8. The van der Waals surface area contributed by atoms with E-state index < -0.39 is 0 Å². The molecule has 1 unspecified atom stereocenters. The van der Waals surface area contributed by atoms with E-state index in [-0.39, 0.29) is 0 Å². The molecule has 1 heterocycles. The van der Waals surface area contributed by atoms with Gasteiger partial charge < -0.3 is 9.64 Å². The minimum Gasteiger partial charge on any atom is -0.493 e. The van der Waals surface area contributed by atoms with Crippen LogP contribution in [0, 0.1) is 5.92 Å². The SMILES string of the molecule is CC(C)COc1ccc(C=O)cc1CN1c2ccccc2CCC1C. The molecule has 0 aliphatic carbocycles. The van der Waals surface area contributed by atoms with Crippen LogP contribution in [0.3, 0.4) is 0 Å². The fourth-order valence-electron chi connectivity index (χ4n) is 3.38. The van der Waals surface area contributed by atoms with E-state index in [1.807, 2.05) is 18.2 Å². The molecule has 0 aromatic heterocycles. The van der Waals surface area contributed by atoms with Gasteiger partial charge in [0.25, 0.3) is 0 Å². The second kappa shape index (κ2) is 7.73. The highest BCUT2D eigenvalue weighted by Gasteiger charge is 2.23. The molecule has 3 nitrogen and oxygen atoms in total. The van der Waals surface area contributed by atoms with Crippen LogP contribution < -0.4 is 9.64 Å². The molecule has 0 saturated heterocycles. The number of carbonyl (C=O) groups is 1. The Morgan fingerprint density at radius 3 is 2.80 bits per heavy atom. The van der Waals surface area contributed by atoms with Crippen LogP contribution >= 0.6 is 0 Å². The summed E-state index contributed by atoms with van der Waals surface area (Å²) >= 11 is 0. The Labute approximate surface area is 150 Å². The number of hydrogen-bond donors (Lipinski definition) is 0. The summed E-state index contributed by atoms with van der Waals surface area (Å²) in [5.74, 6) is 1.35. The Balaban J connectivity index is 1.92. The predicted molar refractivity (Wildman–Crippen MR) is 103 cm³/mol. The lowest BCUT2D eigenvalue weighted by molar-refractivity contribution is 0.112. The molecule has 3 heteroatoms. The highest BCUT2D eigenvalue weighted by molar-refractivity contribution is 5.75. The number of benzene rings is 2. The zero-order valence-corrected chi connectivity index (χ0v) is 15.4. The van der Waals surface area contributed by atoms with Crippen molar-refractivity contribution in [3.63, 3.8) is 0 Å². The number of para-hydroxylation sites is 1. The van der Waals surface area contributed by atoms with E-state index in [1.165, 1.54) is 11.3 Å². The van der Waals surface area contributed by atoms with Crippen molar-refractivity contribution >= 4 is 12.0 Å². The van der Waals surface area contributed by atoms with E-state index in [4.69, 9.17) is 4.74 Å². The Hall–Kier alpha value is -2.29. The van der Waals surface area contributed by atoms with Crippen LogP contribution in [0.4, 0.5) is 5.69 Å². The van der Waals surface area contributed by atoms with Crippen LogP contribution in [0.25, 0.3) is 0 Å².